The average Bonchev–Trinajstić information content (AvgIpc) is 1.59. The van der Waals surface area contributed by atoms with Crippen molar-refractivity contribution in [2.75, 3.05) is 45.8 Å². The van der Waals surface area contributed by atoms with Crippen molar-refractivity contribution in [2.24, 2.45) is 35.5 Å². The molecule has 12 fully saturated rings. The summed E-state index contributed by atoms with van der Waals surface area (Å²) in [7, 11) is 0. The van der Waals surface area contributed by atoms with E-state index in [1.54, 1.807) is 49.0 Å². The first-order valence-electron chi connectivity index (χ1n) is 48.9. The van der Waals surface area contributed by atoms with Gasteiger partial charge in [-0.25, -0.2) is 0 Å². The quantitative estimate of drug-likeness (QED) is 0.125. The molecule has 0 saturated carbocycles. The Kier molecular flexibility index (Phi) is 32.6. The average molecular weight is 1960 g/mol. The van der Waals surface area contributed by atoms with Crippen molar-refractivity contribution in [2.45, 2.75) is 283 Å². The van der Waals surface area contributed by atoms with Gasteiger partial charge in [0.25, 0.3) is 17.7 Å². The number of carbonyl (C=O) groups excluding carboxylic acids is 17. The van der Waals surface area contributed by atoms with Crippen LogP contribution in [0.2, 0.25) is 15.1 Å². The molecule has 13 amide bonds. The van der Waals surface area contributed by atoms with Crippen molar-refractivity contribution in [3.8, 4) is 0 Å². The first kappa shape index (κ1) is 104. The van der Waals surface area contributed by atoms with E-state index >= 15 is 0 Å². The van der Waals surface area contributed by atoms with E-state index in [0.717, 1.165) is 81.0 Å². The molecule has 0 radical (unpaired) electrons. The summed E-state index contributed by atoms with van der Waals surface area (Å²) in [5, 5.41) is 4.66. The molecule has 3 spiro atoms. The van der Waals surface area contributed by atoms with E-state index in [4.69, 9.17) is 54.0 Å². The Morgan fingerprint density at radius 3 is 1.07 bits per heavy atom. The molecule has 7 unspecified atom stereocenters. The van der Waals surface area contributed by atoms with Gasteiger partial charge in [-0.1, -0.05) is 183 Å². The molecule has 18 heterocycles. The van der Waals surface area contributed by atoms with Crippen LogP contribution in [0, 0.1) is 35.5 Å². The largest absolute Gasteiger partial charge is 1.00 e. The molecular weight excluding hydrogens is 1840 g/mol. The molecule has 0 aromatic heterocycles. The fourth-order valence-corrected chi connectivity index (χ4v) is 26.7. The number of nitrogens with one attached hydrogen (secondary N) is 1. The normalized spacial score (nSPS) is 32.5. The molecule has 18 aliphatic heterocycles. The second-order valence-corrected chi connectivity index (χ2v) is 41.3. The summed E-state index contributed by atoms with van der Waals surface area (Å²) >= 11 is 19.2. The van der Waals surface area contributed by atoms with Crippen molar-refractivity contribution in [3.05, 3.63) is 177 Å². The van der Waals surface area contributed by atoms with Crippen LogP contribution in [-0.2, 0) is 101 Å². The molecule has 4 N–H and O–H groups in total. The standard InChI is InChI=1S/C34H40ClN5O5.C34H41ClN4O4.C33H39ClN4O4.2CO2.Li.2H2O/c1-21(19-23-5-2-3-6-26(23)35)30(42)38-17-4-15-34(38)16-13-25-9-11-27(39(25)33(34)45)31(43)37-18-14-22-7-8-24-10-12-28(36-20-41)40(24)32(44)29(22)37;1-21(20-24-6-3-4-7-27(24)35)30(40)37-18-5-16-34(37)17-14-26-12-13-28(39(26)33(34)43)31(41)36-19-15-23-9-11-25-10-8-22(2)38(25)32(42)29(23)36;1-21(20-23-6-2-3-8-26(23)34)29(39)37-18-5-15-33(37)16-13-25-11-12-27(38(25)32(33)42)30(40)36-19-14-22-9-10-24-7-4-17-35(24)31(41)28(22)36;2*2-1-3;;;/h2-3,5-8,13,16,20-22,24-25,27-29H,4,9-12,14-15,17-19H2,1H3,(H,36,41);3-4,6-7,9,11,14,17,21-23,25-26,28-29H,5,8,10,12-13,15-16,18-20H2,1-2H3;2-3,6,8-10,13,16,21-22,24-25,27-28H,4-5,7,11-12,14-15,17-20H2,1H3;;;;2*1H2/q;;;;;+1;;/p-1/t21?,22-,24-,25-,27-,28-,29?,34+;21?,22-,23+,25-,26+,28+,29?,34-;21?,22-,24?,25-,27-,28?,33+;;;;;/m010...../s1. The Labute approximate surface area is 836 Å². The fourth-order valence-electron chi connectivity index (χ4n) is 26.1. The van der Waals surface area contributed by atoms with Gasteiger partial charge >= 0.3 is 31.2 Å². The SMILES string of the molecule is CC(Cc1ccccc1Cl)C(=O)N1CCC[C@]12C=C[C@@H]1CC[C@@H](C(=O)N3CC[C@@H]4C=CC5CCCN5C(=O)C43)N1C2=O.CC(Cc1ccccc1Cl)C(=O)N1CCC[C@]12C=C[C@@H]1CC[C@@H](C(=O)N3CC[C@@H]4C=C[C@H]5CC[C@@H](C)N5C(=O)C43)N1C2=O.CC(Cc1ccccc1Cl)C(=O)N1CCC[C@]12C=C[C@@H]1CC[C@@H](C(=O)N3CC[C@@H]4C=C[C@H]5CC[C@@H](NC=O)N5C(=O)C43)N1C2=O.O.O=C=O.O=C=O.[Li+].[OH-]. The van der Waals surface area contributed by atoms with Gasteiger partial charge in [0.05, 0.1) is 36.3 Å². The van der Waals surface area contributed by atoms with E-state index < -0.39 is 59.0 Å². The number of hydrogen-bond acceptors (Lipinski definition) is 18. The third-order valence-corrected chi connectivity index (χ3v) is 33.8. The zero-order valence-electron chi connectivity index (χ0n) is 79.3. The van der Waals surface area contributed by atoms with Crippen LogP contribution in [0.3, 0.4) is 0 Å². The molecule has 139 heavy (non-hydrogen) atoms. The Balaban J connectivity index is 0.000000160. The molecule has 0 bridgehead atoms. The Morgan fingerprint density at radius 1 is 0.396 bits per heavy atom. The predicted octanol–water partition coefficient (Wildman–Crippen LogP) is 5.06. The molecule has 23 atom stereocenters. The maximum Gasteiger partial charge on any atom is 1.00 e. The molecule has 3 aromatic rings. The summed E-state index contributed by atoms with van der Waals surface area (Å²) in [5.74, 6) is -2.35. The summed E-state index contributed by atoms with van der Waals surface area (Å²) in [6.45, 7) is 11.5. The van der Waals surface area contributed by atoms with Crippen molar-refractivity contribution in [1.82, 2.24) is 64.1 Å². The minimum atomic E-state index is -1.11. The summed E-state index contributed by atoms with van der Waals surface area (Å²) in [6.07, 6.45) is 41.8. The Morgan fingerprint density at radius 2 is 0.712 bits per heavy atom. The molecule has 36 heteroatoms. The summed E-state index contributed by atoms with van der Waals surface area (Å²) in [4.78, 5) is 235. The molecule has 21 rings (SSSR count). The number of benzene rings is 3. The van der Waals surface area contributed by atoms with Gasteiger partial charge in [-0.05, 0) is 196 Å². The second-order valence-electron chi connectivity index (χ2n) is 40.1. The minimum absolute atomic E-state index is 0. The van der Waals surface area contributed by atoms with Gasteiger partial charge in [0.2, 0.25) is 59.6 Å². The summed E-state index contributed by atoms with van der Waals surface area (Å²) in [6, 6.07) is 18.8. The summed E-state index contributed by atoms with van der Waals surface area (Å²) in [5.41, 5.74) is -0.535. The topological polar surface area (TPSA) is 403 Å². The van der Waals surface area contributed by atoms with E-state index in [0.29, 0.717) is 157 Å². The number of carbonyl (C=O) groups is 13. The van der Waals surface area contributed by atoms with Gasteiger partial charge in [-0.3, -0.25) is 62.3 Å². The first-order valence-corrected chi connectivity index (χ1v) is 50.0. The van der Waals surface area contributed by atoms with Gasteiger partial charge in [-0.2, -0.15) is 19.2 Å². The number of amides is 13. The van der Waals surface area contributed by atoms with E-state index in [2.05, 4.69) is 48.7 Å². The molecule has 3 aromatic carbocycles. The van der Waals surface area contributed by atoms with Gasteiger partial charge in [-0.15, -0.1) is 0 Å². The van der Waals surface area contributed by atoms with Crippen molar-refractivity contribution in [3.63, 3.8) is 0 Å². The molecule has 0 aliphatic carbocycles. The van der Waals surface area contributed by atoms with Crippen LogP contribution >= 0.6 is 34.8 Å². The number of fused-ring (bicyclic) bond motifs is 9. The smallest absolute Gasteiger partial charge is 0.870 e. The van der Waals surface area contributed by atoms with Crippen LogP contribution in [0.1, 0.15) is 179 Å². The zero-order chi connectivity index (χ0) is 96.1. The van der Waals surface area contributed by atoms with E-state index in [-0.39, 0.29) is 191 Å². The molecular formula is C103H123Cl3LiN13O19. The third kappa shape index (κ3) is 18.9. The number of halogens is 3. The maximum atomic E-state index is 14.5. The molecule has 32 nitrogen and oxygen atoms in total. The van der Waals surface area contributed by atoms with Crippen LogP contribution in [0.15, 0.2) is 146 Å². The van der Waals surface area contributed by atoms with E-state index in [9.17, 15) is 62.3 Å². The second kappa shape index (κ2) is 43.4. The number of nitrogens with zero attached hydrogens (tertiary/aromatic N) is 12. The van der Waals surface area contributed by atoms with Crippen molar-refractivity contribution in [1.29, 1.82) is 0 Å². The van der Waals surface area contributed by atoms with Gasteiger partial charge in [0.15, 0.2) is 0 Å². The Bertz CT molecular complexity index is 5500. The maximum absolute atomic E-state index is 14.5. The predicted molar refractivity (Wildman–Crippen MR) is 503 cm³/mol. The van der Waals surface area contributed by atoms with Gasteiger partial charge in [0.1, 0.15) is 59.0 Å². The monoisotopic (exact) mass is 1960 g/mol. The Hall–Kier alpha value is -10.6. The van der Waals surface area contributed by atoms with E-state index in [1.165, 1.54) is 0 Å². The van der Waals surface area contributed by atoms with Crippen LogP contribution in [0.25, 0.3) is 0 Å². The van der Waals surface area contributed by atoms with Crippen LogP contribution in [0.5, 0.6) is 0 Å². The van der Waals surface area contributed by atoms with Crippen molar-refractivity contribution >= 4 is 124 Å². The van der Waals surface area contributed by atoms with Crippen LogP contribution in [-0.4, -0.2) is 306 Å². The van der Waals surface area contributed by atoms with E-state index in [1.807, 2.05) is 140 Å². The molecule has 18 aliphatic rings. The van der Waals surface area contributed by atoms with Crippen LogP contribution in [0.4, 0.5) is 0 Å². The van der Waals surface area contributed by atoms with Gasteiger partial charge < -0.3 is 75.1 Å². The van der Waals surface area contributed by atoms with Crippen molar-refractivity contribution < 1.29 is 111 Å². The third-order valence-electron chi connectivity index (χ3n) is 32.7. The minimum Gasteiger partial charge on any atom is -0.870 e. The summed E-state index contributed by atoms with van der Waals surface area (Å²) < 4.78 is 0. The number of hydrogen-bond donors (Lipinski definition) is 1. The molecule has 12 saturated heterocycles. The number of likely N-dealkylation sites (tertiary alicyclic amines) is 6. The molecule has 736 valence electrons. The van der Waals surface area contributed by atoms with Crippen LogP contribution < -0.4 is 24.2 Å². The van der Waals surface area contributed by atoms with Gasteiger partial charge in [0, 0.05) is 102 Å². The fraction of sp³-hybridized carbons (Fsp3) is 0.563. The first-order chi connectivity index (χ1) is 65.6. The number of rotatable bonds is 14. The zero-order valence-corrected chi connectivity index (χ0v) is 81.6.